The summed E-state index contributed by atoms with van der Waals surface area (Å²) in [6.07, 6.45) is 0. The lowest BCUT2D eigenvalue weighted by Crippen LogP contribution is -2.43. The minimum atomic E-state index is 0.344. The van der Waals surface area contributed by atoms with Crippen molar-refractivity contribution < 1.29 is 0 Å². The summed E-state index contributed by atoms with van der Waals surface area (Å²) < 4.78 is 2.46. The highest BCUT2D eigenvalue weighted by Crippen LogP contribution is 2.13. The third kappa shape index (κ3) is 5.63. The molecule has 1 nitrogen and oxygen atoms in total. The van der Waals surface area contributed by atoms with Crippen LogP contribution < -0.4 is 0 Å². The number of nitrogens with zero attached hydrogens (tertiary/aromatic N) is 1. The van der Waals surface area contributed by atoms with E-state index < -0.39 is 0 Å². The summed E-state index contributed by atoms with van der Waals surface area (Å²) in [6.45, 7) is 9.28. The van der Waals surface area contributed by atoms with Crippen LogP contribution in [0.4, 0.5) is 0 Å². The lowest BCUT2D eigenvalue weighted by Gasteiger charge is -2.34. The number of halogens is 2. The second-order valence-corrected chi connectivity index (χ2v) is 5.69. The Bertz CT molecular complexity index is 92.8. The molecule has 0 heterocycles. The van der Waals surface area contributed by atoms with Gasteiger partial charge < -0.3 is 0 Å². The van der Waals surface area contributed by atoms with Gasteiger partial charge in [0.05, 0.1) is 0 Å². The van der Waals surface area contributed by atoms with Crippen molar-refractivity contribution in [2.75, 3.05) is 21.9 Å². The molecule has 0 atom stereocenters. The molecule has 0 bridgehead atoms. The average molecular weight is 381 g/mol. The predicted molar refractivity (Wildman–Crippen MR) is 69.1 cm³/mol. The van der Waals surface area contributed by atoms with Gasteiger partial charge in [-0.15, -0.1) is 0 Å². The van der Waals surface area contributed by atoms with Crippen molar-refractivity contribution in [3.05, 3.63) is 0 Å². The van der Waals surface area contributed by atoms with Crippen LogP contribution in [0.5, 0.6) is 0 Å². The SMILES string of the molecule is CC(C)(C)N(CCI)CCI. The Hall–Kier alpha value is 1.42. The predicted octanol–water partition coefficient (Wildman–Crippen LogP) is 2.96. The van der Waals surface area contributed by atoms with E-state index in [1.165, 1.54) is 21.9 Å². The Morgan fingerprint density at radius 3 is 1.55 bits per heavy atom. The van der Waals surface area contributed by atoms with Crippen molar-refractivity contribution in [2.45, 2.75) is 26.3 Å². The van der Waals surface area contributed by atoms with E-state index in [-0.39, 0.29) is 0 Å². The van der Waals surface area contributed by atoms with Crippen molar-refractivity contribution in [3.63, 3.8) is 0 Å². The average Bonchev–Trinajstić information content (AvgIpc) is 1.85. The van der Waals surface area contributed by atoms with Gasteiger partial charge >= 0.3 is 0 Å². The van der Waals surface area contributed by atoms with Crippen LogP contribution in [-0.2, 0) is 0 Å². The van der Waals surface area contributed by atoms with Gasteiger partial charge in [-0.3, -0.25) is 4.90 Å². The maximum atomic E-state index is 2.53. The second kappa shape index (κ2) is 5.96. The Balaban J connectivity index is 3.88. The number of alkyl halides is 2. The van der Waals surface area contributed by atoms with E-state index in [1.54, 1.807) is 0 Å². The molecule has 0 spiro atoms. The molecule has 11 heavy (non-hydrogen) atoms. The standard InChI is InChI=1S/C8H17I2N/c1-8(2,3)11(6-4-9)7-5-10/h4-7H2,1-3H3. The Kier molecular flexibility index (Phi) is 6.73. The summed E-state index contributed by atoms with van der Waals surface area (Å²) in [4.78, 5) is 2.53. The van der Waals surface area contributed by atoms with Crippen LogP contribution in [0.2, 0.25) is 0 Å². The van der Waals surface area contributed by atoms with Gasteiger partial charge in [0, 0.05) is 27.5 Å². The van der Waals surface area contributed by atoms with Crippen molar-refractivity contribution in [1.29, 1.82) is 0 Å². The minimum absolute atomic E-state index is 0.344. The summed E-state index contributed by atoms with van der Waals surface area (Å²) in [6, 6.07) is 0. The van der Waals surface area contributed by atoms with E-state index in [4.69, 9.17) is 0 Å². The molecule has 0 unspecified atom stereocenters. The van der Waals surface area contributed by atoms with E-state index in [0.717, 1.165) is 0 Å². The summed E-state index contributed by atoms with van der Waals surface area (Å²) >= 11 is 4.88. The lowest BCUT2D eigenvalue weighted by atomic mass is 10.1. The Morgan fingerprint density at radius 2 is 1.36 bits per heavy atom. The molecule has 0 aliphatic carbocycles. The first-order valence-corrected chi connectivity index (χ1v) is 6.94. The molecule has 0 fully saturated rings. The molecule has 0 saturated heterocycles. The quantitative estimate of drug-likeness (QED) is 0.535. The largest absolute Gasteiger partial charge is 0.297 e. The van der Waals surface area contributed by atoms with E-state index in [9.17, 15) is 0 Å². The van der Waals surface area contributed by atoms with Gasteiger partial charge in [-0.2, -0.15) is 0 Å². The highest BCUT2D eigenvalue weighted by Gasteiger charge is 2.18. The fourth-order valence-corrected chi connectivity index (χ4v) is 2.15. The van der Waals surface area contributed by atoms with Crippen LogP contribution in [0.15, 0.2) is 0 Å². The van der Waals surface area contributed by atoms with E-state index >= 15 is 0 Å². The van der Waals surface area contributed by atoms with Gasteiger partial charge in [0.25, 0.3) is 0 Å². The zero-order chi connectivity index (χ0) is 8.91. The second-order valence-electron chi connectivity index (χ2n) is 3.54. The van der Waals surface area contributed by atoms with Crippen LogP contribution in [0.3, 0.4) is 0 Å². The van der Waals surface area contributed by atoms with Gasteiger partial charge in [0.15, 0.2) is 0 Å². The number of hydrogen-bond acceptors (Lipinski definition) is 1. The summed E-state index contributed by atoms with van der Waals surface area (Å²) in [5.41, 5.74) is 0.344. The van der Waals surface area contributed by atoms with Gasteiger partial charge in [0.2, 0.25) is 0 Å². The molecule has 0 radical (unpaired) electrons. The molecular formula is C8H17I2N. The van der Waals surface area contributed by atoms with Gasteiger partial charge in [-0.1, -0.05) is 45.2 Å². The van der Waals surface area contributed by atoms with Crippen LogP contribution in [-0.4, -0.2) is 32.4 Å². The van der Waals surface area contributed by atoms with Crippen molar-refractivity contribution in [2.24, 2.45) is 0 Å². The van der Waals surface area contributed by atoms with Crippen molar-refractivity contribution in [3.8, 4) is 0 Å². The van der Waals surface area contributed by atoms with Crippen molar-refractivity contribution in [1.82, 2.24) is 4.90 Å². The third-order valence-electron chi connectivity index (χ3n) is 1.66. The highest BCUT2D eigenvalue weighted by molar-refractivity contribution is 14.1. The topological polar surface area (TPSA) is 3.24 Å². The lowest BCUT2D eigenvalue weighted by molar-refractivity contribution is 0.159. The monoisotopic (exact) mass is 381 g/mol. The molecular weight excluding hydrogens is 364 g/mol. The molecule has 0 aromatic heterocycles. The van der Waals surface area contributed by atoms with Gasteiger partial charge in [0.1, 0.15) is 0 Å². The number of rotatable bonds is 4. The smallest absolute Gasteiger partial charge is 0.0125 e. The molecule has 0 aliphatic heterocycles. The van der Waals surface area contributed by atoms with E-state index in [1.807, 2.05) is 0 Å². The Labute approximate surface area is 97.6 Å². The first kappa shape index (κ1) is 12.4. The summed E-state index contributed by atoms with van der Waals surface area (Å²) in [5.74, 6) is 0. The fraction of sp³-hybridized carbons (Fsp3) is 1.00. The molecule has 0 aromatic carbocycles. The maximum absolute atomic E-state index is 2.53. The van der Waals surface area contributed by atoms with E-state index in [0.29, 0.717) is 5.54 Å². The Morgan fingerprint density at radius 1 is 1.00 bits per heavy atom. The molecule has 0 aromatic rings. The van der Waals surface area contributed by atoms with Gasteiger partial charge in [-0.05, 0) is 20.8 Å². The molecule has 0 rings (SSSR count). The molecule has 0 aliphatic rings. The first-order valence-electron chi connectivity index (χ1n) is 3.89. The number of hydrogen-bond donors (Lipinski definition) is 0. The van der Waals surface area contributed by atoms with Gasteiger partial charge in [-0.25, -0.2) is 0 Å². The highest BCUT2D eigenvalue weighted by atomic mass is 127. The molecule has 68 valence electrons. The normalized spacial score (nSPS) is 12.5. The molecule has 0 amide bonds. The van der Waals surface area contributed by atoms with E-state index in [2.05, 4.69) is 70.9 Å². The summed E-state index contributed by atoms with van der Waals surface area (Å²) in [7, 11) is 0. The van der Waals surface area contributed by atoms with Crippen LogP contribution in [0, 0.1) is 0 Å². The fourth-order valence-electron chi connectivity index (χ4n) is 0.987. The zero-order valence-electron chi connectivity index (χ0n) is 7.53. The van der Waals surface area contributed by atoms with Crippen LogP contribution >= 0.6 is 45.2 Å². The van der Waals surface area contributed by atoms with Crippen molar-refractivity contribution >= 4 is 45.2 Å². The third-order valence-corrected chi connectivity index (χ3v) is 2.62. The zero-order valence-corrected chi connectivity index (χ0v) is 11.8. The summed E-state index contributed by atoms with van der Waals surface area (Å²) in [5, 5.41) is 0. The first-order chi connectivity index (χ1) is 5.02. The minimum Gasteiger partial charge on any atom is -0.297 e. The van der Waals surface area contributed by atoms with Crippen LogP contribution in [0.1, 0.15) is 20.8 Å². The molecule has 0 saturated carbocycles. The maximum Gasteiger partial charge on any atom is 0.0125 e. The molecule has 0 N–H and O–H groups in total. The van der Waals surface area contributed by atoms with Crippen LogP contribution in [0.25, 0.3) is 0 Å². The molecule has 3 heteroatoms.